The number of likely N-dealkylation sites (N-methyl/N-ethyl adjacent to an activating group) is 1. The summed E-state index contributed by atoms with van der Waals surface area (Å²) in [6, 6.07) is 32.1. The monoisotopic (exact) mass is 575 g/mol. The van der Waals surface area contributed by atoms with Crippen LogP contribution in [0.25, 0.3) is 0 Å². The summed E-state index contributed by atoms with van der Waals surface area (Å²) in [4.78, 5) is 28.8. The lowest BCUT2D eigenvalue weighted by Crippen LogP contribution is -2.53. The molecule has 4 rings (SSSR count). The van der Waals surface area contributed by atoms with Gasteiger partial charge in [-0.2, -0.15) is 0 Å². The van der Waals surface area contributed by atoms with Crippen molar-refractivity contribution in [3.63, 3.8) is 0 Å². The van der Waals surface area contributed by atoms with Crippen LogP contribution < -0.4 is 9.62 Å². The highest BCUT2D eigenvalue weighted by Crippen LogP contribution is 2.30. The van der Waals surface area contributed by atoms with Gasteiger partial charge in [-0.05, 0) is 35.4 Å². The van der Waals surface area contributed by atoms with Crippen molar-refractivity contribution >= 4 is 39.1 Å². The number of carbonyl (C=O) groups is 2. The lowest BCUT2D eigenvalue weighted by Gasteiger charge is -2.33. The van der Waals surface area contributed by atoms with Gasteiger partial charge < -0.3 is 10.2 Å². The maximum atomic E-state index is 14.2. The SMILES string of the molecule is CNC(=O)[C@H](Cc1ccccc1)N(Cc1ccccc1)C(=O)CN(c1ccccc1Cl)S(=O)(=O)c1ccccc1. The van der Waals surface area contributed by atoms with E-state index in [1.807, 2.05) is 60.7 Å². The maximum Gasteiger partial charge on any atom is 0.264 e. The molecule has 0 heterocycles. The minimum absolute atomic E-state index is 0.0180. The first-order chi connectivity index (χ1) is 19.3. The molecular formula is C31H30ClN3O4S. The van der Waals surface area contributed by atoms with E-state index in [1.165, 1.54) is 24.1 Å². The zero-order valence-electron chi connectivity index (χ0n) is 22.0. The van der Waals surface area contributed by atoms with E-state index in [-0.39, 0.29) is 34.5 Å². The molecule has 2 amide bonds. The van der Waals surface area contributed by atoms with Crippen molar-refractivity contribution in [3.8, 4) is 0 Å². The highest BCUT2D eigenvalue weighted by Gasteiger charge is 2.34. The summed E-state index contributed by atoms with van der Waals surface area (Å²) in [5.74, 6) is -0.906. The minimum atomic E-state index is -4.19. The van der Waals surface area contributed by atoms with E-state index in [2.05, 4.69) is 5.32 Å². The minimum Gasteiger partial charge on any atom is -0.357 e. The quantitative estimate of drug-likeness (QED) is 0.275. The largest absolute Gasteiger partial charge is 0.357 e. The Morgan fingerprint density at radius 2 is 1.30 bits per heavy atom. The second-order valence-electron chi connectivity index (χ2n) is 9.10. The molecule has 0 spiro atoms. The molecule has 206 valence electrons. The average Bonchev–Trinajstić information content (AvgIpc) is 2.99. The van der Waals surface area contributed by atoms with Gasteiger partial charge in [-0.1, -0.05) is 103 Å². The van der Waals surface area contributed by atoms with Crippen LogP contribution in [0.3, 0.4) is 0 Å². The third kappa shape index (κ3) is 6.89. The molecular weight excluding hydrogens is 546 g/mol. The van der Waals surface area contributed by atoms with E-state index in [1.54, 1.807) is 42.5 Å². The fraction of sp³-hybridized carbons (Fsp3) is 0.161. The van der Waals surface area contributed by atoms with Gasteiger partial charge in [-0.25, -0.2) is 8.42 Å². The average molecular weight is 576 g/mol. The van der Waals surface area contributed by atoms with Crippen LogP contribution in [-0.2, 0) is 32.6 Å². The van der Waals surface area contributed by atoms with Gasteiger partial charge in [0.05, 0.1) is 15.6 Å². The predicted octanol–water partition coefficient (Wildman–Crippen LogP) is 4.92. The van der Waals surface area contributed by atoms with Crippen LogP contribution in [-0.4, -0.2) is 44.8 Å². The number of hydrogen-bond donors (Lipinski definition) is 1. The highest BCUT2D eigenvalue weighted by molar-refractivity contribution is 7.92. The van der Waals surface area contributed by atoms with Crippen LogP contribution in [0.2, 0.25) is 5.02 Å². The topological polar surface area (TPSA) is 86.8 Å². The maximum absolute atomic E-state index is 14.2. The summed E-state index contributed by atoms with van der Waals surface area (Å²) >= 11 is 6.45. The van der Waals surface area contributed by atoms with E-state index in [0.717, 1.165) is 15.4 Å². The summed E-state index contributed by atoms with van der Waals surface area (Å²) in [5.41, 5.74) is 1.83. The lowest BCUT2D eigenvalue weighted by molar-refractivity contribution is -0.139. The molecule has 7 nitrogen and oxygen atoms in total. The summed E-state index contributed by atoms with van der Waals surface area (Å²) in [6.45, 7) is -0.456. The van der Waals surface area contributed by atoms with Gasteiger partial charge >= 0.3 is 0 Å². The van der Waals surface area contributed by atoms with E-state index in [4.69, 9.17) is 11.6 Å². The van der Waals surface area contributed by atoms with Crippen molar-refractivity contribution in [3.05, 3.63) is 131 Å². The Labute approximate surface area is 240 Å². The number of nitrogens with one attached hydrogen (secondary N) is 1. The third-order valence-corrected chi connectivity index (χ3v) is 8.54. The fourth-order valence-electron chi connectivity index (χ4n) is 4.39. The fourth-order valence-corrected chi connectivity index (χ4v) is 6.13. The van der Waals surface area contributed by atoms with Crippen LogP contribution in [0.1, 0.15) is 11.1 Å². The van der Waals surface area contributed by atoms with E-state index in [0.29, 0.717) is 0 Å². The summed E-state index contributed by atoms with van der Waals surface area (Å²) in [5, 5.41) is 2.85. The molecule has 0 aromatic heterocycles. The van der Waals surface area contributed by atoms with Crippen LogP contribution in [0.5, 0.6) is 0 Å². The van der Waals surface area contributed by atoms with Gasteiger partial charge in [0.1, 0.15) is 12.6 Å². The Morgan fingerprint density at radius 3 is 1.88 bits per heavy atom. The second-order valence-corrected chi connectivity index (χ2v) is 11.4. The smallest absolute Gasteiger partial charge is 0.264 e. The molecule has 4 aromatic rings. The van der Waals surface area contributed by atoms with E-state index < -0.39 is 28.5 Å². The first kappa shape index (κ1) is 28.9. The molecule has 1 atom stereocenters. The van der Waals surface area contributed by atoms with Crippen LogP contribution in [0, 0.1) is 0 Å². The molecule has 40 heavy (non-hydrogen) atoms. The highest BCUT2D eigenvalue weighted by atomic mass is 35.5. The summed E-state index contributed by atoms with van der Waals surface area (Å²) < 4.78 is 28.7. The van der Waals surface area contributed by atoms with Gasteiger partial charge in [0, 0.05) is 20.0 Å². The van der Waals surface area contributed by atoms with E-state index >= 15 is 0 Å². The van der Waals surface area contributed by atoms with Crippen molar-refractivity contribution in [1.82, 2.24) is 10.2 Å². The first-order valence-corrected chi connectivity index (χ1v) is 14.5. The zero-order valence-corrected chi connectivity index (χ0v) is 23.6. The molecule has 0 bridgehead atoms. The number of halogens is 1. The number of rotatable bonds is 11. The van der Waals surface area contributed by atoms with Crippen molar-refractivity contribution in [2.24, 2.45) is 0 Å². The van der Waals surface area contributed by atoms with Gasteiger partial charge in [-0.3, -0.25) is 13.9 Å². The van der Waals surface area contributed by atoms with Crippen LogP contribution in [0.4, 0.5) is 5.69 Å². The number of para-hydroxylation sites is 1. The molecule has 0 aliphatic carbocycles. The van der Waals surface area contributed by atoms with Gasteiger partial charge in [0.15, 0.2) is 0 Å². The zero-order chi connectivity index (χ0) is 28.5. The molecule has 9 heteroatoms. The first-order valence-electron chi connectivity index (χ1n) is 12.7. The normalized spacial score (nSPS) is 11.8. The Balaban J connectivity index is 1.78. The molecule has 4 aromatic carbocycles. The number of nitrogens with zero attached hydrogens (tertiary/aromatic N) is 2. The van der Waals surface area contributed by atoms with Gasteiger partial charge in [0.2, 0.25) is 11.8 Å². The molecule has 0 aliphatic heterocycles. The molecule has 0 unspecified atom stereocenters. The lowest BCUT2D eigenvalue weighted by atomic mass is 10.0. The number of amides is 2. The number of anilines is 1. The van der Waals surface area contributed by atoms with Crippen molar-refractivity contribution in [2.45, 2.75) is 23.9 Å². The van der Waals surface area contributed by atoms with Crippen molar-refractivity contribution < 1.29 is 18.0 Å². The number of benzene rings is 4. The van der Waals surface area contributed by atoms with E-state index in [9.17, 15) is 18.0 Å². The number of hydrogen-bond acceptors (Lipinski definition) is 4. The number of carbonyl (C=O) groups excluding carboxylic acids is 2. The molecule has 0 fully saturated rings. The van der Waals surface area contributed by atoms with Gasteiger partial charge in [-0.15, -0.1) is 0 Å². The van der Waals surface area contributed by atoms with Crippen molar-refractivity contribution in [1.29, 1.82) is 0 Å². The number of sulfonamides is 1. The summed E-state index contributed by atoms with van der Waals surface area (Å²) in [6.07, 6.45) is 0.247. The van der Waals surface area contributed by atoms with Crippen LogP contribution >= 0.6 is 11.6 Å². The molecule has 0 aliphatic rings. The Bertz CT molecular complexity index is 1530. The summed E-state index contributed by atoms with van der Waals surface area (Å²) in [7, 11) is -2.67. The molecule has 0 radical (unpaired) electrons. The standard InChI is InChI=1S/C31H30ClN3O4S/c1-33-31(37)29(21-24-13-5-2-6-14-24)34(22-25-15-7-3-8-16-25)30(36)23-35(28-20-12-11-19-27(28)32)40(38,39)26-17-9-4-10-18-26/h2-20,29H,21-23H2,1H3,(H,33,37)/t29-/m0/s1. The van der Waals surface area contributed by atoms with Gasteiger partial charge in [0.25, 0.3) is 10.0 Å². The third-order valence-electron chi connectivity index (χ3n) is 6.44. The predicted molar refractivity (Wildman–Crippen MR) is 157 cm³/mol. The Morgan fingerprint density at radius 1 is 0.775 bits per heavy atom. The molecule has 1 N–H and O–H groups in total. The molecule has 0 saturated heterocycles. The second kappa shape index (κ2) is 13.3. The van der Waals surface area contributed by atoms with Crippen LogP contribution in [0.15, 0.2) is 120 Å². The Kier molecular flexibility index (Phi) is 9.58. The van der Waals surface area contributed by atoms with Crippen molar-refractivity contribution in [2.75, 3.05) is 17.9 Å². The molecule has 0 saturated carbocycles. The Hall–Kier alpha value is -4.14.